The van der Waals surface area contributed by atoms with Crippen molar-refractivity contribution in [2.24, 2.45) is 0 Å². The first-order valence-corrected chi connectivity index (χ1v) is 17.7. The van der Waals surface area contributed by atoms with E-state index in [1.165, 1.54) is 36.7 Å². The minimum atomic E-state index is 0.863. The van der Waals surface area contributed by atoms with Gasteiger partial charge in [0, 0.05) is 53.1 Å². The molecule has 8 aromatic carbocycles. The molecule has 0 radical (unpaired) electrons. The summed E-state index contributed by atoms with van der Waals surface area (Å²) in [7, 11) is 0. The Balaban J connectivity index is 1.14. The number of anilines is 3. The maximum absolute atomic E-state index is 6.65. The van der Waals surface area contributed by atoms with Crippen LogP contribution in [0.5, 0.6) is 0 Å². The number of fused-ring (bicyclic) bond motifs is 11. The molecule has 0 amide bonds. The van der Waals surface area contributed by atoms with Crippen LogP contribution in [0.3, 0.4) is 0 Å². The number of benzene rings is 8. The Labute approximate surface area is 290 Å². The molecule has 11 aromatic rings. The minimum Gasteiger partial charge on any atom is -0.456 e. The number of hydrogen-bond donors (Lipinski definition) is 0. The van der Waals surface area contributed by atoms with Gasteiger partial charge in [0.1, 0.15) is 22.3 Å². The lowest BCUT2D eigenvalue weighted by Crippen LogP contribution is -2.10. The van der Waals surface area contributed by atoms with E-state index in [1.807, 2.05) is 23.5 Å². The molecule has 234 valence electrons. The average Bonchev–Trinajstić information content (AvgIpc) is 3.87. The molecule has 4 heteroatoms. The van der Waals surface area contributed by atoms with Crippen molar-refractivity contribution in [3.8, 4) is 11.1 Å². The van der Waals surface area contributed by atoms with E-state index in [-0.39, 0.29) is 0 Å². The molecular weight excluding hydrogens is 631 g/mol. The standard InChI is InChI=1S/C46H27NO2S/c1-2-10-32-28(9-1)21-25-37-44-39(15-8-17-42(44)49-45(32)37)47(31-24-26-41-38(27-31)34-11-3-5-16-40(34)48-41)30-22-19-29(20-23-30)33-13-7-14-36-35-12-4-6-18-43(35)50-46(33)36/h1-27H. The Bertz CT molecular complexity index is 3110. The van der Waals surface area contributed by atoms with Crippen LogP contribution < -0.4 is 4.90 Å². The molecule has 0 bridgehead atoms. The summed E-state index contributed by atoms with van der Waals surface area (Å²) in [5.41, 5.74) is 9.15. The lowest BCUT2D eigenvalue weighted by Gasteiger charge is -2.26. The zero-order valence-electron chi connectivity index (χ0n) is 26.8. The third kappa shape index (κ3) is 4.03. The summed E-state index contributed by atoms with van der Waals surface area (Å²) in [5, 5.41) is 9.28. The largest absolute Gasteiger partial charge is 0.456 e. The number of hydrogen-bond acceptors (Lipinski definition) is 4. The number of thiophene rings is 1. The quantitative estimate of drug-likeness (QED) is 0.189. The Morgan fingerprint density at radius 3 is 2.08 bits per heavy atom. The number of rotatable bonds is 4. The normalized spacial score (nSPS) is 12.0. The van der Waals surface area contributed by atoms with Gasteiger partial charge < -0.3 is 13.7 Å². The van der Waals surface area contributed by atoms with Crippen LogP contribution in [0.2, 0.25) is 0 Å². The van der Waals surface area contributed by atoms with Crippen LogP contribution >= 0.6 is 11.3 Å². The highest BCUT2D eigenvalue weighted by Gasteiger charge is 2.22. The second-order valence-corrected chi connectivity index (χ2v) is 13.9. The van der Waals surface area contributed by atoms with Gasteiger partial charge in [0.05, 0.1) is 11.1 Å². The fourth-order valence-electron chi connectivity index (χ4n) is 7.77. The Morgan fingerprint density at radius 2 is 1.16 bits per heavy atom. The van der Waals surface area contributed by atoms with Crippen molar-refractivity contribution in [1.29, 1.82) is 0 Å². The maximum Gasteiger partial charge on any atom is 0.143 e. The van der Waals surface area contributed by atoms with Crippen LogP contribution in [-0.4, -0.2) is 0 Å². The van der Waals surface area contributed by atoms with E-state index in [2.05, 4.69) is 157 Å². The van der Waals surface area contributed by atoms with E-state index in [1.54, 1.807) is 0 Å². The van der Waals surface area contributed by atoms with Crippen molar-refractivity contribution in [3.05, 3.63) is 164 Å². The molecule has 0 aliphatic carbocycles. The van der Waals surface area contributed by atoms with E-state index in [4.69, 9.17) is 8.83 Å². The Kier molecular flexibility index (Phi) is 5.83. The molecule has 3 nitrogen and oxygen atoms in total. The lowest BCUT2D eigenvalue weighted by molar-refractivity contribution is 0.669. The van der Waals surface area contributed by atoms with Gasteiger partial charge in [-0.1, -0.05) is 103 Å². The van der Waals surface area contributed by atoms with Crippen LogP contribution in [0.1, 0.15) is 0 Å². The first-order chi connectivity index (χ1) is 24.8. The Hall–Kier alpha value is -6.36. The zero-order chi connectivity index (χ0) is 32.8. The van der Waals surface area contributed by atoms with Gasteiger partial charge in [-0.15, -0.1) is 11.3 Å². The van der Waals surface area contributed by atoms with Gasteiger partial charge in [-0.05, 0) is 77.2 Å². The molecule has 3 aromatic heterocycles. The van der Waals surface area contributed by atoms with E-state index < -0.39 is 0 Å². The molecule has 50 heavy (non-hydrogen) atoms. The predicted octanol–water partition coefficient (Wildman–Crippen LogP) is 14.1. The zero-order valence-corrected chi connectivity index (χ0v) is 27.6. The summed E-state index contributed by atoms with van der Waals surface area (Å²) >= 11 is 1.86. The summed E-state index contributed by atoms with van der Waals surface area (Å²) in [6.45, 7) is 0. The highest BCUT2D eigenvalue weighted by Crippen LogP contribution is 2.46. The molecule has 0 unspecified atom stereocenters. The van der Waals surface area contributed by atoms with Crippen molar-refractivity contribution in [2.75, 3.05) is 4.90 Å². The van der Waals surface area contributed by atoms with Gasteiger partial charge in [0.2, 0.25) is 0 Å². The molecule has 0 N–H and O–H groups in total. The van der Waals surface area contributed by atoms with Gasteiger partial charge in [0.15, 0.2) is 0 Å². The molecular formula is C46H27NO2S. The Morgan fingerprint density at radius 1 is 0.440 bits per heavy atom. The molecule has 0 aliphatic heterocycles. The van der Waals surface area contributed by atoms with Gasteiger partial charge in [0.25, 0.3) is 0 Å². The molecule has 0 spiro atoms. The van der Waals surface area contributed by atoms with Crippen molar-refractivity contribution in [3.63, 3.8) is 0 Å². The first-order valence-electron chi connectivity index (χ1n) is 16.8. The van der Waals surface area contributed by atoms with Gasteiger partial charge in [-0.3, -0.25) is 0 Å². The fraction of sp³-hybridized carbons (Fsp3) is 0. The van der Waals surface area contributed by atoms with Crippen LogP contribution in [0.15, 0.2) is 173 Å². The fourth-order valence-corrected chi connectivity index (χ4v) is 9.00. The lowest BCUT2D eigenvalue weighted by atomic mass is 10.0. The molecule has 3 heterocycles. The second kappa shape index (κ2) is 10.6. The summed E-state index contributed by atoms with van der Waals surface area (Å²) in [6.07, 6.45) is 0. The van der Waals surface area contributed by atoms with Crippen LogP contribution in [-0.2, 0) is 0 Å². The van der Waals surface area contributed by atoms with Crippen molar-refractivity contribution in [2.45, 2.75) is 0 Å². The SMILES string of the molecule is c1ccc2c(c1)ccc1c2oc2cccc(N(c3ccc(-c4cccc5c4sc4ccccc45)cc3)c3ccc4oc5ccccc5c4c3)c21. The molecule has 0 saturated heterocycles. The maximum atomic E-state index is 6.65. The van der Waals surface area contributed by atoms with Gasteiger partial charge in [-0.25, -0.2) is 0 Å². The van der Waals surface area contributed by atoms with Crippen molar-refractivity contribution in [1.82, 2.24) is 0 Å². The first kappa shape index (κ1) is 27.6. The van der Waals surface area contributed by atoms with Crippen LogP contribution in [0, 0.1) is 0 Å². The number of para-hydroxylation sites is 1. The van der Waals surface area contributed by atoms with E-state index in [0.717, 1.165) is 66.3 Å². The summed E-state index contributed by atoms with van der Waals surface area (Å²) < 4.78 is 15.5. The van der Waals surface area contributed by atoms with Crippen molar-refractivity contribution >= 4 is 103 Å². The second-order valence-electron chi connectivity index (χ2n) is 12.9. The predicted molar refractivity (Wildman–Crippen MR) is 212 cm³/mol. The summed E-state index contributed by atoms with van der Waals surface area (Å²) in [5.74, 6) is 0. The monoisotopic (exact) mass is 657 g/mol. The van der Waals surface area contributed by atoms with Crippen molar-refractivity contribution < 1.29 is 8.83 Å². The number of nitrogens with zero attached hydrogens (tertiary/aromatic N) is 1. The molecule has 0 saturated carbocycles. The molecule has 0 aliphatic rings. The van der Waals surface area contributed by atoms with Gasteiger partial charge >= 0.3 is 0 Å². The molecule has 0 atom stereocenters. The highest BCUT2D eigenvalue weighted by molar-refractivity contribution is 7.26. The summed E-state index contributed by atoms with van der Waals surface area (Å²) in [6, 6.07) is 58.3. The topological polar surface area (TPSA) is 29.5 Å². The third-order valence-electron chi connectivity index (χ3n) is 10.1. The highest BCUT2D eigenvalue weighted by atomic mass is 32.1. The minimum absolute atomic E-state index is 0.863. The smallest absolute Gasteiger partial charge is 0.143 e. The number of furan rings is 2. The molecule has 11 rings (SSSR count). The average molecular weight is 658 g/mol. The van der Waals surface area contributed by atoms with Crippen LogP contribution in [0.4, 0.5) is 17.1 Å². The molecule has 0 fully saturated rings. The van der Waals surface area contributed by atoms with Crippen LogP contribution in [0.25, 0.3) is 85.9 Å². The van der Waals surface area contributed by atoms with E-state index >= 15 is 0 Å². The van der Waals surface area contributed by atoms with E-state index in [0.29, 0.717) is 0 Å². The summed E-state index contributed by atoms with van der Waals surface area (Å²) in [4.78, 5) is 2.36. The third-order valence-corrected chi connectivity index (χ3v) is 11.3. The van der Waals surface area contributed by atoms with E-state index in [9.17, 15) is 0 Å². The van der Waals surface area contributed by atoms with Gasteiger partial charge in [-0.2, -0.15) is 0 Å².